The fraction of sp³-hybridized carbons (Fsp3) is 0.364. The lowest BCUT2D eigenvalue weighted by atomic mass is 9.71. The van der Waals surface area contributed by atoms with Gasteiger partial charge in [0.1, 0.15) is 43.4 Å². The highest BCUT2D eigenvalue weighted by atomic mass is 32.2. The first kappa shape index (κ1) is 45.3. The molecule has 5 aromatic rings. The van der Waals surface area contributed by atoms with E-state index < -0.39 is 30.2 Å². The van der Waals surface area contributed by atoms with E-state index in [0.29, 0.717) is 35.8 Å². The Bertz CT molecular complexity index is 2780. The van der Waals surface area contributed by atoms with Crippen molar-refractivity contribution >= 4 is 23.8 Å². The van der Waals surface area contributed by atoms with Gasteiger partial charge in [-0.15, -0.1) is 0 Å². The van der Waals surface area contributed by atoms with Crippen LogP contribution in [0.1, 0.15) is 73.6 Å². The molecule has 0 radical (unpaired) electrons. The molecule has 12 nitrogen and oxygen atoms in total. The molecule has 13 heteroatoms. The Hall–Kier alpha value is -6.46. The summed E-state index contributed by atoms with van der Waals surface area (Å²) in [6.07, 6.45) is 2.15. The molecule has 1 amide bonds. The first-order valence-electron chi connectivity index (χ1n) is 23.3. The maximum absolute atomic E-state index is 14.8. The number of amides is 1. The minimum absolute atomic E-state index is 0.00902. The van der Waals surface area contributed by atoms with Gasteiger partial charge < -0.3 is 33.7 Å². The van der Waals surface area contributed by atoms with E-state index in [2.05, 4.69) is 103 Å². The summed E-state index contributed by atoms with van der Waals surface area (Å²) in [4.78, 5) is 33.0. The van der Waals surface area contributed by atoms with Gasteiger partial charge >= 0.3 is 12.1 Å². The topological polar surface area (TPSA) is 132 Å². The van der Waals surface area contributed by atoms with Gasteiger partial charge in [0.2, 0.25) is 6.79 Å². The van der Waals surface area contributed by atoms with Gasteiger partial charge in [-0.25, -0.2) is 9.59 Å². The van der Waals surface area contributed by atoms with Crippen LogP contribution in [-0.2, 0) is 33.7 Å². The second-order valence-electron chi connectivity index (χ2n) is 18.3. The van der Waals surface area contributed by atoms with E-state index in [1.54, 1.807) is 24.9 Å². The van der Waals surface area contributed by atoms with Gasteiger partial charge in [-0.3, -0.25) is 9.80 Å². The van der Waals surface area contributed by atoms with Crippen LogP contribution in [0.2, 0.25) is 0 Å². The molecule has 1 saturated heterocycles. The molecule has 10 rings (SSSR count). The molecule has 0 spiro atoms. The number of benzene rings is 5. The van der Waals surface area contributed by atoms with E-state index in [1.807, 2.05) is 37.3 Å². The summed E-state index contributed by atoms with van der Waals surface area (Å²) in [5.74, 6) is 3.03. The number of fused-ring (bicyclic) bond motifs is 12. The predicted molar refractivity (Wildman–Crippen MR) is 260 cm³/mol. The molecule has 4 aliphatic heterocycles. The van der Waals surface area contributed by atoms with E-state index in [1.165, 1.54) is 33.4 Å². The fourth-order valence-corrected chi connectivity index (χ4v) is 12.9. The van der Waals surface area contributed by atoms with E-state index in [9.17, 15) is 14.9 Å². The van der Waals surface area contributed by atoms with Crippen LogP contribution in [0, 0.1) is 32.1 Å². The van der Waals surface area contributed by atoms with Crippen molar-refractivity contribution in [1.29, 1.82) is 5.26 Å². The van der Waals surface area contributed by atoms with Crippen LogP contribution < -0.4 is 24.3 Å². The molecular weight excluding hydrogens is 877 g/mol. The highest BCUT2D eigenvalue weighted by Gasteiger charge is 2.57. The summed E-state index contributed by atoms with van der Waals surface area (Å²) in [5, 5.41) is 14.1. The molecule has 2 bridgehead atoms. The molecule has 1 fully saturated rings. The van der Waals surface area contributed by atoms with Crippen LogP contribution in [0.3, 0.4) is 0 Å². The van der Waals surface area contributed by atoms with Crippen molar-refractivity contribution < 1.29 is 38.0 Å². The Labute approximate surface area is 402 Å². The third-order valence-electron chi connectivity index (χ3n) is 14.6. The number of nitrogens with zero attached hydrogens (tertiary/aromatic N) is 3. The molecule has 350 valence electrons. The zero-order chi connectivity index (χ0) is 47.2. The third-order valence-corrected chi connectivity index (χ3v) is 15.7. The second-order valence-corrected chi connectivity index (χ2v) is 19.4. The van der Waals surface area contributed by atoms with Crippen molar-refractivity contribution in [2.75, 3.05) is 45.7 Å². The summed E-state index contributed by atoms with van der Waals surface area (Å²) in [7, 11) is 3.83. The molecule has 4 heterocycles. The molecule has 68 heavy (non-hydrogen) atoms. The Kier molecular flexibility index (Phi) is 12.6. The Morgan fingerprint density at radius 3 is 2.32 bits per heavy atom. The largest absolute Gasteiger partial charge is 0.496 e. The number of esters is 1. The van der Waals surface area contributed by atoms with Crippen molar-refractivity contribution in [2.24, 2.45) is 0 Å². The zero-order valence-electron chi connectivity index (χ0n) is 39.1. The first-order chi connectivity index (χ1) is 33.1. The number of carbonyl (C=O) groups is 2. The first-order valence-corrected chi connectivity index (χ1v) is 24.4. The number of alkyl carbamates (subject to hydrolysis) is 1. The average molecular weight is 933 g/mol. The van der Waals surface area contributed by atoms with Gasteiger partial charge in [-0.05, 0) is 90.7 Å². The SMILES string of the molecule is C=CCOc1c(C)c2c(c3c1CC1[C@H]4c5c(cc(C)c(OC)c5C)C[C@@H]([C@H](C#N)N1[C@H]3COC(=O)[C@@H](CSCC1c3ccccc3-c3ccccc31)NC(=O)OCc1ccccc1)N4C)OCO2. The summed E-state index contributed by atoms with van der Waals surface area (Å²) in [5.41, 5.74) is 12.7. The van der Waals surface area contributed by atoms with Crippen LogP contribution in [0.5, 0.6) is 23.0 Å². The predicted octanol–water partition coefficient (Wildman–Crippen LogP) is 9.07. The van der Waals surface area contributed by atoms with Crippen LogP contribution in [0.25, 0.3) is 11.1 Å². The molecule has 1 aliphatic carbocycles. The highest BCUT2D eigenvalue weighted by molar-refractivity contribution is 7.99. The lowest BCUT2D eigenvalue weighted by molar-refractivity contribution is -0.150. The Morgan fingerprint density at radius 1 is 0.912 bits per heavy atom. The third kappa shape index (κ3) is 7.82. The number of thioether (sulfide) groups is 1. The quantitative estimate of drug-likeness (QED) is 0.0842. The van der Waals surface area contributed by atoms with Gasteiger partial charge in [0.05, 0.1) is 25.3 Å². The number of carbonyl (C=O) groups excluding carboxylic acids is 2. The van der Waals surface area contributed by atoms with Gasteiger partial charge in [-0.2, -0.15) is 17.0 Å². The molecule has 5 aromatic carbocycles. The van der Waals surface area contributed by atoms with Crippen LogP contribution in [0.15, 0.2) is 97.6 Å². The molecule has 0 saturated carbocycles. The number of ether oxygens (including phenoxy) is 6. The number of likely N-dealkylation sites (N-methyl/N-ethyl adjacent to an activating group) is 1. The van der Waals surface area contributed by atoms with Crippen molar-refractivity contribution in [3.05, 3.63) is 153 Å². The van der Waals surface area contributed by atoms with Gasteiger partial charge in [-0.1, -0.05) is 97.6 Å². The van der Waals surface area contributed by atoms with Crippen LogP contribution >= 0.6 is 11.8 Å². The Morgan fingerprint density at radius 2 is 1.62 bits per heavy atom. The summed E-state index contributed by atoms with van der Waals surface area (Å²) in [6, 6.07) is 28.3. The summed E-state index contributed by atoms with van der Waals surface area (Å²) < 4.78 is 37.1. The van der Waals surface area contributed by atoms with E-state index >= 15 is 0 Å². The number of methoxy groups -OCH3 is 1. The lowest BCUT2D eigenvalue weighted by Gasteiger charge is -2.60. The minimum atomic E-state index is -1.06. The smallest absolute Gasteiger partial charge is 0.408 e. The van der Waals surface area contributed by atoms with Gasteiger partial charge in [0, 0.05) is 46.2 Å². The average Bonchev–Trinajstić information content (AvgIpc) is 3.97. The molecule has 0 aromatic heterocycles. The van der Waals surface area contributed by atoms with Crippen molar-refractivity contribution in [3.8, 4) is 40.2 Å². The number of nitriles is 1. The number of hydrogen-bond acceptors (Lipinski definition) is 12. The van der Waals surface area contributed by atoms with Gasteiger partial charge in [0.15, 0.2) is 11.5 Å². The van der Waals surface area contributed by atoms with Crippen LogP contribution in [-0.4, -0.2) is 91.7 Å². The number of aryl methyl sites for hydroxylation is 1. The van der Waals surface area contributed by atoms with Gasteiger partial charge in [0.25, 0.3) is 0 Å². The molecular formula is C55H56N4O8S. The van der Waals surface area contributed by atoms with Crippen molar-refractivity contribution in [2.45, 2.75) is 82.4 Å². The normalized spacial score (nSPS) is 21.2. The summed E-state index contributed by atoms with van der Waals surface area (Å²) >= 11 is 1.58. The monoisotopic (exact) mass is 932 g/mol. The van der Waals surface area contributed by atoms with E-state index in [0.717, 1.165) is 39.1 Å². The highest BCUT2D eigenvalue weighted by Crippen LogP contribution is 2.58. The lowest BCUT2D eigenvalue weighted by Crippen LogP contribution is -2.68. The van der Waals surface area contributed by atoms with Crippen LogP contribution in [0.4, 0.5) is 4.79 Å². The summed E-state index contributed by atoms with van der Waals surface area (Å²) in [6.45, 7) is 10.3. The maximum atomic E-state index is 14.8. The molecule has 1 N–H and O–H groups in total. The molecule has 1 unspecified atom stereocenters. The Balaban J connectivity index is 1.00. The zero-order valence-corrected chi connectivity index (χ0v) is 39.9. The minimum Gasteiger partial charge on any atom is -0.496 e. The fourth-order valence-electron chi connectivity index (χ4n) is 11.7. The van der Waals surface area contributed by atoms with Crippen molar-refractivity contribution in [3.63, 3.8) is 0 Å². The number of piperazine rings is 1. The number of hydrogen-bond donors (Lipinski definition) is 1. The molecule has 5 aliphatic rings. The number of rotatable bonds is 14. The second kappa shape index (κ2) is 18.9. The number of nitrogens with one attached hydrogen (secondary N) is 1. The van der Waals surface area contributed by atoms with E-state index in [-0.39, 0.29) is 56.4 Å². The van der Waals surface area contributed by atoms with Crippen molar-refractivity contribution in [1.82, 2.24) is 15.1 Å². The maximum Gasteiger partial charge on any atom is 0.408 e. The standard InChI is InChI=1S/C55H56N4O8S/c1-7-21-63-51-33(4)52-53(67-30-66-52)48-40(51)24-44-49-47-32(3)50(62-6)31(2)22-35(47)23-43(58(49)5)45(25-56)59(44)46(48)27-64-54(60)42(57-55(61)65-26-34-15-9-8-10-16-34)29-68-28-41-38-19-13-11-17-36(38)37-18-12-14-20-39(37)41/h7-20,22,41-46,49H,1,21,23-24,26-30H2,2-6H3,(H,57,61)/t42-,43+,44?,45+,46+,49+/m1/s1. The molecule has 6 atom stereocenters. The van der Waals surface area contributed by atoms with E-state index in [4.69, 9.17) is 28.4 Å².